The lowest BCUT2D eigenvalue weighted by atomic mass is 10.2. The molecule has 0 aliphatic carbocycles. The van der Waals surface area contributed by atoms with Gasteiger partial charge in [0.15, 0.2) is 6.29 Å². The lowest BCUT2D eigenvalue weighted by molar-refractivity contribution is -0.106. The maximum atomic E-state index is 6.20. The highest BCUT2D eigenvalue weighted by Gasteiger charge is 2.20. The minimum Gasteiger partial charge on any atom is -0.481 e. The molecular weight excluding hydrogens is 296 g/mol. The van der Waals surface area contributed by atoms with E-state index in [0.29, 0.717) is 22.2 Å². The molecule has 7 heteroatoms. The zero-order valence-electron chi connectivity index (χ0n) is 11.9. The second-order valence-electron chi connectivity index (χ2n) is 3.94. The Bertz CT molecular complexity index is 605. The summed E-state index contributed by atoms with van der Waals surface area (Å²) in [5, 5.41) is 0.462. The molecule has 1 aromatic carbocycles. The van der Waals surface area contributed by atoms with Gasteiger partial charge in [-0.05, 0) is 12.1 Å². The summed E-state index contributed by atoms with van der Waals surface area (Å²) < 4.78 is 21.2. The molecule has 0 fully saturated rings. The molecule has 0 amide bonds. The third-order valence-corrected chi connectivity index (χ3v) is 3.02. The van der Waals surface area contributed by atoms with Crippen molar-refractivity contribution < 1.29 is 18.9 Å². The number of nitrogens with zero attached hydrogens (tertiary/aromatic N) is 2. The number of hydrogen-bond acceptors (Lipinski definition) is 6. The summed E-state index contributed by atoms with van der Waals surface area (Å²) >= 11 is 6.20. The monoisotopic (exact) mass is 310 g/mol. The third-order valence-electron chi connectivity index (χ3n) is 2.70. The molecule has 0 saturated carbocycles. The Morgan fingerprint density at radius 1 is 1.10 bits per heavy atom. The van der Waals surface area contributed by atoms with Crippen molar-refractivity contribution in [1.29, 1.82) is 0 Å². The van der Waals surface area contributed by atoms with Gasteiger partial charge in [0, 0.05) is 26.5 Å². The second-order valence-corrected chi connectivity index (χ2v) is 4.35. The van der Waals surface area contributed by atoms with Gasteiger partial charge in [-0.2, -0.15) is 4.98 Å². The molecule has 1 aromatic heterocycles. The van der Waals surface area contributed by atoms with Gasteiger partial charge in [-0.3, -0.25) is 0 Å². The van der Waals surface area contributed by atoms with Crippen molar-refractivity contribution in [3.05, 3.63) is 41.0 Å². The van der Waals surface area contributed by atoms with Gasteiger partial charge >= 0.3 is 6.01 Å². The van der Waals surface area contributed by atoms with Crippen LogP contribution in [0, 0.1) is 0 Å². The molecular formula is C14H15ClN2O4. The molecule has 0 saturated heterocycles. The van der Waals surface area contributed by atoms with Crippen LogP contribution >= 0.6 is 11.6 Å². The summed E-state index contributed by atoms with van der Waals surface area (Å²) in [5.41, 5.74) is 0.565. The minimum atomic E-state index is -0.653. The zero-order chi connectivity index (χ0) is 15.2. The molecule has 0 N–H and O–H groups in total. The summed E-state index contributed by atoms with van der Waals surface area (Å²) in [6, 6.07) is 6.97. The van der Waals surface area contributed by atoms with Gasteiger partial charge in [0.25, 0.3) is 0 Å². The number of halogens is 1. The maximum Gasteiger partial charge on any atom is 0.325 e. The Balaban J connectivity index is 2.37. The van der Waals surface area contributed by atoms with E-state index in [4.69, 9.17) is 30.5 Å². The van der Waals surface area contributed by atoms with E-state index in [1.54, 1.807) is 24.3 Å². The first-order chi connectivity index (χ1) is 10.2. The van der Waals surface area contributed by atoms with E-state index in [1.165, 1.54) is 27.5 Å². The van der Waals surface area contributed by atoms with Crippen LogP contribution in [0.5, 0.6) is 17.6 Å². The fraction of sp³-hybridized carbons (Fsp3) is 0.286. The standard InChI is InChI=1S/C14H15ClN2O4/c1-18-11-7-8-16-14(17-11)21-10-6-4-5-9(15)12(10)13(19-2)20-3/h4-8,13H,1-3H3. The SMILES string of the molecule is COc1ccnc(Oc2cccc(Cl)c2C(OC)OC)n1. The van der Waals surface area contributed by atoms with Crippen LogP contribution in [0.3, 0.4) is 0 Å². The molecule has 0 aliphatic rings. The number of rotatable bonds is 6. The van der Waals surface area contributed by atoms with Gasteiger partial charge < -0.3 is 18.9 Å². The van der Waals surface area contributed by atoms with Crippen LogP contribution < -0.4 is 9.47 Å². The molecule has 0 spiro atoms. The van der Waals surface area contributed by atoms with Crippen LogP contribution in [-0.4, -0.2) is 31.3 Å². The van der Waals surface area contributed by atoms with E-state index in [0.717, 1.165) is 0 Å². The summed E-state index contributed by atoms with van der Waals surface area (Å²) in [6.07, 6.45) is 0.884. The van der Waals surface area contributed by atoms with Gasteiger partial charge in [-0.15, -0.1) is 0 Å². The number of hydrogen-bond donors (Lipinski definition) is 0. The van der Waals surface area contributed by atoms with E-state index in [1.807, 2.05) is 0 Å². The van der Waals surface area contributed by atoms with E-state index in [2.05, 4.69) is 9.97 Å². The maximum absolute atomic E-state index is 6.20. The number of benzene rings is 1. The highest BCUT2D eigenvalue weighted by atomic mass is 35.5. The average Bonchev–Trinajstić information content (AvgIpc) is 2.51. The van der Waals surface area contributed by atoms with Crippen molar-refractivity contribution >= 4 is 11.6 Å². The Morgan fingerprint density at radius 2 is 1.86 bits per heavy atom. The van der Waals surface area contributed by atoms with Crippen molar-refractivity contribution in [1.82, 2.24) is 9.97 Å². The quantitative estimate of drug-likeness (QED) is 0.763. The summed E-state index contributed by atoms with van der Waals surface area (Å²) in [7, 11) is 4.55. The first-order valence-corrected chi connectivity index (χ1v) is 6.46. The lowest BCUT2D eigenvalue weighted by Gasteiger charge is -2.18. The molecule has 0 bridgehead atoms. The summed E-state index contributed by atoms with van der Waals surface area (Å²) in [5.74, 6) is 0.850. The average molecular weight is 311 g/mol. The minimum absolute atomic E-state index is 0.142. The van der Waals surface area contributed by atoms with Crippen molar-refractivity contribution in [2.45, 2.75) is 6.29 Å². The molecule has 21 heavy (non-hydrogen) atoms. The molecule has 112 valence electrons. The Labute approximate surface area is 127 Å². The largest absolute Gasteiger partial charge is 0.481 e. The molecule has 2 rings (SSSR count). The Morgan fingerprint density at radius 3 is 2.52 bits per heavy atom. The zero-order valence-corrected chi connectivity index (χ0v) is 12.6. The van der Waals surface area contributed by atoms with E-state index in [-0.39, 0.29) is 6.01 Å². The predicted octanol–water partition coefficient (Wildman–Crippen LogP) is 3.22. The van der Waals surface area contributed by atoms with Crippen molar-refractivity contribution in [3.63, 3.8) is 0 Å². The first-order valence-electron chi connectivity index (χ1n) is 6.08. The van der Waals surface area contributed by atoms with Crippen LogP contribution in [0.15, 0.2) is 30.5 Å². The number of ether oxygens (including phenoxy) is 4. The van der Waals surface area contributed by atoms with Crippen LogP contribution in [0.2, 0.25) is 5.02 Å². The van der Waals surface area contributed by atoms with Gasteiger partial charge in [-0.1, -0.05) is 17.7 Å². The third kappa shape index (κ3) is 3.60. The topological polar surface area (TPSA) is 62.7 Å². The summed E-state index contributed by atoms with van der Waals surface area (Å²) in [6.45, 7) is 0. The van der Waals surface area contributed by atoms with Gasteiger partial charge in [-0.25, -0.2) is 4.98 Å². The Hall–Kier alpha value is -1.89. The van der Waals surface area contributed by atoms with E-state index in [9.17, 15) is 0 Å². The van der Waals surface area contributed by atoms with Crippen LogP contribution in [-0.2, 0) is 9.47 Å². The fourth-order valence-electron chi connectivity index (χ4n) is 1.75. The smallest absolute Gasteiger partial charge is 0.325 e. The van der Waals surface area contributed by atoms with Crippen LogP contribution in [0.25, 0.3) is 0 Å². The van der Waals surface area contributed by atoms with Gasteiger partial charge in [0.2, 0.25) is 5.88 Å². The highest BCUT2D eigenvalue weighted by molar-refractivity contribution is 6.31. The number of aromatic nitrogens is 2. The molecule has 0 aliphatic heterocycles. The van der Waals surface area contributed by atoms with Crippen molar-refractivity contribution in [2.75, 3.05) is 21.3 Å². The summed E-state index contributed by atoms with van der Waals surface area (Å²) in [4.78, 5) is 8.11. The molecule has 2 aromatic rings. The van der Waals surface area contributed by atoms with Crippen LogP contribution in [0.1, 0.15) is 11.9 Å². The van der Waals surface area contributed by atoms with Crippen LogP contribution in [0.4, 0.5) is 0 Å². The highest BCUT2D eigenvalue weighted by Crippen LogP contribution is 2.36. The van der Waals surface area contributed by atoms with Crippen molar-refractivity contribution in [2.24, 2.45) is 0 Å². The van der Waals surface area contributed by atoms with Gasteiger partial charge in [0.1, 0.15) is 5.75 Å². The van der Waals surface area contributed by atoms with E-state index < -0.39 is 6.29 Å². The molecule has 1 heterocycles. The molecule has 0 unspecified atom stereocenters. The fourth-order valence-corrected chi connectivity index (χ4v) is 2.01. The second kappa shape index (κ2) is 7.21. The Kier molecular flexibility index (Phi) is 5.32. The molecule has 0 radical (unpaired) electrons. The van der Waals surface area contributed by atoms with E-state index >= 15 is 0 Å². The number of methoxy groups -OCH3 is 3. The van der Waals surface area contributed by atoms with Gasteiger partial charge in [0.05, 0.1) is 17.7 Å². The van der Waals surface area contributed by atoms with Crippen molar-refractivity contribution in [3.8, 4) is 17.6 Å². The normalized spacial score (nSPS) is 10.7. The lowest BCUT2D eigenvalue weighted by Crippen LogP contribution is -2.07. The predicted molar refractivity (Wildman–Crippen MR) is 76.9 cm³/mol. The first kappa shape index (κ1) is 15.5. The molecule has 0 atom stereocenters. The molecule has 6 nitrogen and oxygen atoms in total.